The van der Waals surface area contributed by atoms with Crippen LogP contribution in [0.25, 0.3) is 0 Å². The number of aromatic nitrogens is 2. The molecule has 0 amide bonds. The summed E-state index contributed by atoms with van der Waals surface area (Å²) in [6.07, 6.45) is 5.26. The molecule has 1 rings (SSSR count). The Hall–Kier alpha value is -0.540. The van der Waals surface area contributed by atoms with E-state index in [1.165, 1.54) is 0 Å². The minimum Gasteiger partial charge on any atom is -0.388 e. The molecule has 1 aromatic heterocycles. The van der Waals surface area contributed by atoms with Crippen LogP contribution in [0.3, 0.4) is 0 Å². The normalized spacial score (nSPS) is 13.4. The van der Waals surface area contributed by atoms with Crippen LogP contribution in [0.4, 0.5) is 0 Å². The molecule has 1 unspecified atom stereocenters. The van der Waals surface area contributed by atoms with Gasteiger partial charge in [0.2, 0.25) is 6.33 Å². The van der Waals surface area contributed by atoms with Gasteiger partial charge in [0.15, 0.2) is 0 Å². The highest BCUT2D eigenvalue weighted by Crippen LogP contribution is 1.92. The maximum atomic E-state index is 9.16. The molecule has 0 fully saturated rings. The van der Waals surface area contributed by atoms with Gasteiger partial charge in [-0.25, -0.2) is 9.13 Å². The number of aryl methyl sites for hydroxylation is 1. The second kappa shape index (κ2) is 3.74. The van der Waals surface area contributed by atoms with Crippen LogP contribution < -0.4 is 4.57 Å². The van der Waals surface area contributed by atoms with Crippen molar-refractivity contribution in [3.63, 3.8) is 0 Å². The zero-order valence-electron chi connectivity index (χ0n) is 6.44. The Kier molecular flexibility index (Phi) is 2.91. The molecule has 1 N–H and O–H groups in total. The molecule has 0 saturated heterocycles. The van der Waals surface area contributed by atoms with Crippen LogP contribution >= 0.6 is 11.6 Å². The Balaban J connectivity index is 2.50. The number of rotatable bonds is 3. The first kappa shape index (κ1) is 8.56. The van der Waals surface area contributed by atoms with Gasteiger partial charge in [0.25, 0.3) is 0 Å². The number of aliphatic hydroxyl groups is 1. The number of aliphatic hydroxyl groups excluding tert-OH is 1. The Labute approximate surface area is 70.8 Å². The summed E-state index contributed by atoms with van der Waals surface area (Å²) in [6, 6.07) is 0. The number of halogens is 1. The second-order valence-electron chi connectivity index (χ2n) is 2.58. The van der Waals surface area contributed by atoms with Gasteiger partial charge < -0.3 is 5.11 Å². The number of imidazole rings is 1. The molecule has 0 aromatic carbocycles. The highest BCUT2D eigenvalue weighted by molar-refractivity contribution is 6.18. The van der Waals surface area contributed by atoms with Crippen molar-refractivity contribution >= 4 is 11.6 Å². The van der Waals surface area contributed by atoms with E-state index in [4.69, 9.17) is 16.7 Å². The molecule has 11 heavy (non-hydrogen) atoms. The van der Waals surface area contributed by atoms with Gasteiger partial charge in [-0.05, 0) is 0 Å². The Morgan fingerprint density at radius 1 is 1.73 bits per heavy atom. The first-order valence-corrected chi connectivity index (χ1v) is 4.01. The summed E-state index contributed by atoms with van der Waals surface area (Å²) in [5.74, 6) is 0.280. The largest absolute Gasteiger partial charge is 0.388 e. The molecule has 62 valence electrons. The first-order valence-electron chi connectivity index (χ1n) is 3.47. The smallest absolute Gasteiger partial charge is 0.243 e. The SMILES string of the molecule is C[n+]1ccn(CC(O)CCl)c1. The summed E-state index contributed by atoms with van der Waals surface area (Å²) in [4.78, 5) is 0. The van der Waals surface area contributed by atoms with E-state index in [0.29, 0.717) is 6.54 Å². The predicted octanol–water partition coefficient (Wildman–Crippen LogP) is -0.0877. The van der Waals surface area contributed by atoms with E-state index in [1.807, 2.05) is 34.9 Å². The van der Waals surface area contributed by atoms with Crippen molar-refractivity contribution in [2.45, 2.75) is 12.6 Å². The Morgan fingerprint density at radius 2 is 2.45 bits per heavy atom. The molecule has 0 bridgehead atoms. The lowest BCUT2D eigenvalue weighted by molar-refractivity contribution is -0.671. The summed E-state index contributed by atoms with van der Waals surface area (Å²) in [5.41, 5.74) is 0. The molecule has 0 spiro atoms. The minimum atomic E-state index is -0.455. The third kappa shape index (κ3) is 2.52. The van der Waals surface area contributed by atoms with Crippen LogP contribution in [0.2, 0.25) is 0 Å². The maximum absolute atomic E-state index is 9.16. The van der Waals surface area contributed by atoms with Crippen molar-refractivity contribution in [3.8, 4) is 0 Å². The fraction of sp³-hybridized carbons (Fsp3) is 0.571. The molecule has 4 heteroatoms. The van der Waals surface area contributed by atoms with Crippen LogP contribution in [0.1, 0.15) is 0 Å². The fourth-order valence-electron chi connectivity index (χ4n) is 0.902. The molecule has 0 aliphatic rings. The van der Waals surface area contributed by atoms with Crippen molar-refractivity contribution in [1.82, 2.24) is 4.57 Å². The lowest BCUT2D eigenvalue weighted by Gasteiger charge is -2.01. The van der Waals surface area contributed by atoms with E-state index in [0.717, 1.165) is 0 Å². The Bertz CT molecular complexity index is 224. The Morgan fingerprint density at radius 3 is 2.91 bits per heavy atom. The van der Waals surface area contributed by atoms with Gasteiger partial charge in [-0.3, -0.25) is 0 Å². The van der Waals surface area contributed by atoms with E-state index >= 15 is 0 Å². The van der Waals surface area contributed by atoms with Gasteiger partial charge in [0.1, 0.15) is 25.0 Å². The lowest BCUT2D eigenvalue weighted by Crippen LogP contribution is -2.25. The summed E-state index contributed by atoms with van der Waals surface area (Å²) >= 11 is 5.44. The summed E-state index contributed by atoms with van der Waals surface area (Å²) in [5, 5.41) is 9.16. The van der Waals surface area contributed by atoms with Gasteiger partial charge in [-0.1, -0.05) is 0 Å². The zero-order chi connectivity index (χ0) is 8.27. The monoisotopic (exact) mass is 175 g/mol. The van der Waals surface area contributed by atoms with Crippen molar-refractivity contribution in [2.24, 2.45) is 7.05 Å². The van der Waals surface area contributed by atoms with Crippen molar-refractivity contribution < 1.29 is 9.67 Å². The van der Waals surface area contributed by atoms with E-state index in [-0.39, 0.29) is 5.88 Å². The molecule has 1 heterocycles. The van der Waals surface area contributed by atoms with Gasteiger partial charge >= 0.3 is 0 Å². The summed E-state index contributed by atoms with van der Waals surface area (Å²) < 4.78 is 3.81. The average Bonchev–Trinajstić information content (AvgIpc) is 2.35. The van der Waals surface area contributed by atoms with Crippen LogP contribution in [0.15, 0.2) is 18.7 Å². The number of hydrogen-bond donors (Lipinski definition) is 1. The molecule has 0 aliphatic carbocycles. The van der Waals surface area contributed by atoms with Gasteiger partial charge in [0.05, 0.1) is 12.9 Å². The fourth-order valence-corrected chi connectivity index (χ4v) is 0.999. The molecule has 1 aromatic rings. The number of nitrogens with zero attached hydrogens (tertiary/aromatic N) is 2. The van der Waals surface area contributed by atoms with E-state index < -0.39 is 6.10 Å². The van der Waals surface area contributed by atoms with Crippen LogP contribution in [-0.4, -0.2) is 21.7 Å². The van der Waals surface area contributed by atoms with Gasteiger partial charge in [-0.2, -0.15) is 0 Å². The minimum absolute atomic E-state index is 0.280. The highest BCUT2D eigenvalue weighted by atomic mass is 35.5. The van der Waals surface area contributed by atoms with Crippen LogP contribution in [0.5, 0.6) is 0 Å². The predicted molar refractivity (Wildman–Crippen MR) is 42.3 cm³/mol. The molecular formula is C7H12ClN2O+. The third-order valence-corrected chi connectivity index (χ3v) is 1.78. The lowest BCUT2D eigenvalue weighted by atomic mass is 10.4. The van der Waals surface area contributed by atoms with Crippen molar-refractivity contribution in [3.05, 3.63) is 18.7 Å². The third-order valence-electron chi connectivity index (χ3n) is 1.42. The summed E-state index contributed by atoms with van der Waals surface area (Å²) in [7, 11) is 1.93. The first-order chi connectivity index (χ1) is 5.22. The van der Waals surface area contributed by atoms with Crippen molar-refractivity contribution in [2.75, 3.05) is 5.88 Å². The molecule has 0 radical (unpaired) electrons. The zero-order valence-corrected chi connectivity index (χ0v) is 7.20. The second-order valence-corrected chi connectivity index (χ2v) is 2.89. The maximum Gasteiger partial charge on any atom is 0.243 e. The van der Waals surface area contributed by atoms with Crippen LogP contribution in [0, 0.1) is 0 Å². The molecule has 0 saturated carbocycles. The molecule has 3 nitrogen and oxygen atoms in total. The van der Waals surface area contributed by atoms with Crippen LogP contribution in [-0.2, 0) is 13.6 Å². The number of hydrogen-bond acceptors (Lipinski definition) is 1. The molecular weight excluding hydrogens is 164 g/mol. The van der Waals surface area contributed by atoms with E-state index in [9.17, 15) is 0 Å². The average molecular weight is 176 g/mol. The van der Waals surface area contributed by atoms with E-state index in [1.54, 1.807) is 0 Å². The topological polar surface area (TPSA) is 29.0 Å². The quantitative estimate of drug-likeness (QED) is 0.505. The molecule has 0 aliphatic heterocycles. The van der Waals surface area contributed by atoms with E-state index in [2.05, 4.69) is 0 Å². The standard InChI is InChI=1S/C7H12ClN2O/c1-9-2-3-10(6-9)5-7(11)4-8/h2-3,6-7,11H,4-5H2,1H3/q+1. The van der Waals surface area contributed by atoms with Gasteiger partial charge in [0, 0.05) is 0 Å². The number of alkyl halides is 1. The highest BCUT2D eigenvalue weighted by Gasteiger charge is 2.06. The molecule has 1 atom stereocenters. The van der Waals surface area contributed by atoms with Gasteiger partial charge in [-0.15, -0.1) is 11.6 Å². The van der Waals surface area contributed by atoms with Crippen molar-refractivity contribution in [1.29, 1.82) is 0 Å². The summed E-state index contributed by atoms with van der Waals surface area (Å²) in [6.45, 7) is 0.560.